The summed E-state index contributed by atoms with van der Waals surface area (Å²) in [4.78, 5) is 29.7. The van der Waals surface area contributed by atoms with Gasteiger partial charge in [0.25, 0.3) is 11.8 Å². The van der Waals surface area contributed by atoms with E-state index in [1.165, 1.54) is 11.3 Å². The Morgan fingerprint density at radius 3 is 2.67 bits per heavy atom. The molecule has 6 nitrogen and oxygen atoms in total. The minimum Gasteiger partial charge on any atom is -0.366 e. The average molecular weight is 407 g/mol. The fourth-order valence-corrected chi connectivity index (χ4v) is 4.07. The third-order valence-corrected chi connectivity index (χ3v) is 5.01. The molecule has 0 radical (unpaired) electrons. The molecule has 0 aromatic carbocycles. The van der Waals surface area contributed by atoms with Crippen LogP contribution in [0.15, 0.2) is 22.8 Å². The number of pyridine rings is 1. The number of aromatic nitrogens is 2. The molecule has 0 spiro atoms. The van der Waals surface area contributed by atoms with Crippen LogP contribution in [0, 0.1) is 20.8 Å². The highest BCUT2D eigenvalue weighted by molar-refractivity contribution is 9.10. The molecule has 0 saturated heterocycles. The van der Waals surface area contributed by atoms with Crippen LogP contribution in [0.2, 0.25) is 0 Å². The molecule has 3 aromatic heterocycles. The van der Waals surface area contributed by atoms with E-state index in [9.17, 15) is 9.59 Å². The SMILES string of the molecule is Cc1cc(C(N)=O)c(NC(=O)c2c(C)nc3c(C)cc(Br)cn23)s1. The number of hydrogen-bond acceptors (Lipinski definition) is 4. The van der Waals surface area contributed by atoms with Crippen LogP contribution >= 0.6 is 27.3 Å². The van der Waals surface area contributed by atoms with Gasteiger partial charge in [-0.25, -0.2) is 4.98 Å². The molecular weight excluding hydrogens is 392 g/mol. The fraction of sp³-hybridized carbons (Fsp3) is 0.188. The molecule has 0 atom stereocenters. The topological polar surface area (TPSA) is 89.5 Å². The molecule has 3 rings (SSSR count). The summed E-state index contributed by atoms with van der Waals surface area (Å²) in [6, 6.07) is 3.61. The van der Waals surface area contributed by atoms with Crippen LogP contribution in [0.4, 0.5) is 5.00 Å². The first-order chi connectivity index (χ1) is 11.3. The van der Waals surface area contributed by atoms with E-state index in [0.29, 0.717) is 22.0 Å². The second-order valence-electron chi connectivity index (χ2n) is 5.50. The molecule has 3 N–H and O–H groups in total. The van der Waals surface area contributed by atoms with Crippen molar-refractivity contribution >= 4 is 49.7 Å². The zero-order valence-corrected chi connectivity index (χ0v) is 15.7. The average Bonchev–Trinajstić information content (AvgIpc) is 2.99. The second-order valence-corrected chi connectivity index (χ2v) is 7.67. The number of rotatable bonds is 3. The maximum atomic E-state index is 12.8. The van der Waals surface area contributed by atoms with Crippen molar-refractivity contribution in [2.45, 2.75) is 20.8 Å². The molecule has 3 heterocycles. The molecule has 0 bridgehead atoms. The predicted molar refractivity (Wildman–Crippen MR) is 97.9 cm³/mol. The number of nitrogens with two attached hydrogens (primary N) is 1. The number of hydrogen-bond donors (Lipinski definition) is 2. The first-order valence-electron chi connectivity index (χ1n) is 7.14. The van der Waals surface area contributed by atoms with Crippen molar-refractivity contribution in [1.82, 2.24) is 9.38 Å². The minimum atomic E-state index is -0.567. The molecule has 0 saturated carbocycles. The summed E-state index contributed by atoms with van der Waals surface area (Å²) in [7, 11) is 0. The molecule has 0 fully saturated rings. The summed E-state index contributed by atoms with van der Waals surface area (Å²) in [5.41, 5.74) is 8.41. The van der Waals surface area contributed by atoms with Gasteiger partial charge in [0.05, 0.1) is 11.3 Å². The van der Waals surface area contributed by atoms with Crippen LogP contribution < -0.4 is 11.1 Å². The summed E-state index contributed by atoms with van der Waals surface area (Å²) in [5.74, 6) is -0.898. The van der Waals surface area contributed by atoms with Crippen LogP contribution in [0.25, 0.3) is 5.65 Å². The van der Waals surface area contributed by atoms with Gasteiger partial charge in [-0.3, -0.25) is 14.0 Å². The lowest BCUT2D eigenvalue weighted by Gasteiger charge is -2.07. The number of imidazole rings is 1. The van der Waals surface area contributed by atoms with Crippen molar-refractivity contribution in [2.24, 2.45) is 5.73 Å². The largest absolute Gasteiger partial charge is 0.366 e. The summed E-state index contributed by atoms with van der Waals surface area (Å²) in [6.07, 6.45) is 1.80. The minimum absolute atomic E-state index is 0.315. The third-order valence-electron chi connectivity index (χ3n) is 3.61. The molecule has 0 aliphatic heterocycles. The number of aryl methyl sites for hydroxylation is 3. The highest BCUT2D eigenvalue weighted by Crippen LogP contribution is 2.28. The fourth-order valence-electron chi connectivity index (χ4n) is 2.61. The molecule has 124 valence electrons. The van der Waals surface area contributed by atoms with Gasteiger partial charge < -0.3 is 11.1 Å². The Kier molecular flexibility index (Phi) is 4.18. The first-order valence-corrected chi connectivity index (χ1v) is 8.75. The zero-order valence-electron chi connectivity index (χ0n) is 13.3. The van der Waals surface area contributed by atoms with E-state index in [2.05, 4.69) is 26.2 Å². The number of nitrogens with zero attached hydrogens (tertiary/aromatic N) is 2. The van der Waals surface area contributed by atoms with Gasteiger partial charge in [0.15, 0.2) is 0 Å². The molecule has 2 amide bonds. The Balaban J connectivity index is 2.07. The monoisotopic (exact) mass is 406 g/mol. The normalized spacial score (nSPS) is 11.0. The zero-order chi connectivity index (χ0) is 17.6. The van der Waals surface area contributed by atoms with Crippen molar-refractivity contribution in [2.75, 3.05) is 5.32 Å². The Morgan fingerprint density at radius 2 is 2.00 bits per heavy atom. The van der Waals surface area contributed by atoms with Gasteiger partial charge in [-0.2, -0.15) is 0 Å². The molecule has 24 heavy (non-hydrogen) atoms. The lowest BCUT2D eigenvalue weighted by atomic mass is 10.2. The van der Waals surface area contributed by atoms with Crippen LogP contribution in [0.3, 0.4) is 0 Å². The number of nitrogens with one attached hydrogen (secondary N) is 1. The lowest BCUT2D eigenvalue weighted by Crippen LogP contribution is -2.18. The number of fused-ring (bicyclic) bond motifs is 1. The molecular formula is C16H15BrN4O2S. The van der Waals surface area contributed by atoms with Crippen molar-refractivity contribution in [3.8, 4) is 0 Å². The number of halogens is 1. The second kappa shape index (κ2) is 6.03. The Hall–Kier alpha value is -2.19. The standard InChI is InChI=1S/C16H15BrN4O2S/c1-7-4-10(17)6-21-12(9(3)19-14(7)21)15(23)20-16-11(13(18)22)5-8(2)24-16/h4-6H,1-3H3,(H2,18,22)(H,20,23). The number of primary amides is 1. The van der Waals surface area contributed by atoms with Crippen LogP contribution in [-0.4, -0.2) is 21.2 Å². The molecule has 0 unspecified atom stereocenters. The van der Waals surface area contributed by atoms with E-state index in [1.54, 1.807) is 23.6 Å². The molecule has 3 aromatic rings. The third kappa shape index (κ3) is 2.83. The van der Waals surface area contributed by atoms with Crippen molar-refractivity contribution in [3.63, 3.8) is 0 Å². The molecule has 0 aliphatic rings. The smallest absolute Gasteiger partial charge is 0.275 e. The summed E-state index contributed by atoms with van der Waals surface area (Å²) < 4.78 is 2.60. The van der Waals surface area contributed by atoms with Gasteiger partial charge in [0.1, 0.15) is 16.3 Å². The van der Waals surface area contributed by atoms with Gasteiger partial charge >= 0.3 is 0 Å². The molecule has 0 aliphatic carbocycles. The number of thiophene rings is 1. The number of anilines is 1. The Bertz CT molecular complexity index is 990. The highest BCUT2D eigenvalue weighted by atomic mass is 79.9. The van der Waals surface area contributed by atoms with Gasteiger partial charge in [0.2, 0.25) is 0 Å². The highest BCUT2D eigenvalue weighted by Gasteiger charge is 2.21. The predicted octanol–water partition coefficient (Wildman–Crippen LogP) is 3.43. The lowest BCUT2D eigenvalue weighted by molar-refractivity contribution is 0.100. The number of amides is 2. The van der Waals surface area contributed by atoms with Crippen LogP contribution in [0.5, 0.6) is 0 Å². The van der Waals surface area contributed by atoms with E-state index in [0.717, 1.165) is 20.6 Å². The van der Waals surface area contributed by atoms with E-state index in [4.69, 9.17) is 5.73 Å². The summed E-state index contributed by atoms with van der Waals surface area (Å²) in [5, 5.41) is 3.24. The number of carbonyl (C=O) groups excluding carboxylic acids is 2. The Labute approximate surface area is 150 Å². The van der Waals surface area contributed by atoms with E-state index in [-0.39, 0.29) is 5.91 Å². The van der Waals surface area contributed by atoms with Gasteiger partial charge in [-0.05, 0) is 54.4 Å². The summed E-state index contributed by atoms with van der Waals surface area (Å²) in [6.45, 7) is 5.57. The van der Waals surface area contributed by atoms with Crippen LogP contribution in [-0.2, 0) is 0 Å². The van der Waals surface area contributed by atoms with Crippen molar-refractivity contribution in [3.05, 3.63) is 50.2 Å². The van der Waals surface area contributed by atoms with E-state index < -0.39 is 5.91 Å². The van der Waals surface area contributed by atoms with Gasteiger partial charge in [0, 0.05) is 15.5 Å². The first kappa shape index (κ1) is 16.7. The van der Waals surface area contributed by atoms with E-state index >= 15 is 0 Å². The van der Waals surface area contributed by atoms with Crippen LogP contribution in [0.1, 0.15) is 37.0 Å². The van der Waals surface area contributed by atoms with E-state index in [1.807, 2.05) is 19.9 Å². The number of carbonyl (C=O) groups is 2. The summed E-state index contributed by atoms with van der Waals surface area (Å²) >= 11 is 4.75. The van der Waals surface area contributed by atoms with Crippen molar-refractivity contribution < 1.29 is 9.59 Å². The van der Waals surface area contributed by atoms with Gasteiger partial charge in [-0.15, -0.1) is 11.3 Å². The molecule has 8 heteroatoms. The van der Waals surface area contributed by atoms with Gasteiger partial charge in [-0.1, -0.05) is 0 Å². The Morgan fingerprint density at radius 1 is 1.29 bits per heavy atom. The quantitative estimate of drug-likeness (QED) is 0.697. The van der Waals surface area contributed by atoms with Crippen molar-refractivity contribution in [1.29, 1.82) is 0 Å². The maximum absolute atomic E-state index is 12.8. The maximum Gasteiger partial charge on any atom is 0.275 e.